The van der Waals surface area contributed by atoms with Gasteiger partial charge in [-0.2, -0.15) is 5.10 Å². The van der Waals surface area contributed by atoms with E-state index in [4.69, 9.17) is 5.11 Å². The Kier molecular flexibility index (Phi) is 2.86. The molecular weight excluding hydrogens is 280 g/mol. The zero-order valence-electron chi connectivity index (χ0n) is 10.4. The summed E-state index contributed by atoms with van der Waals surface area (Å²) in [5.41, 5.74) is 1.14. The summed E-state index contributed by atoms with van der Waals surface area (Å²) >= 11 is 0. The Labute approximate surface area is 115 Å². The molecule has 0 amide bonds. The van der Waals surface area contributed by atoms with E-state index in [2.05, 4.69) is 10.2 Å². The molecule has 1 heterocycles. The molecule has 0 atom stereocenters. The Hall–Kier alpha value is -2.15. The van der Waals surface area contributed by atoms with Gasteiger partial charge in [-0.25, -0.2) is 13.2 Å². The summed E-state index contributed by atoms with van der Waals surface area (Å²) in [6.07, 6.45) is 1.46. The lowest BCUT2D eigenvalue weighted by atomic mass is 10.1. The average molecular weight is 292 g/mol. The molecule has 1 aromatic carbocycles. The SMILES string of the molecule is O=C(O)c1cc(-c2ccc(S(=O)(=O)C3CC3)cc2)n[nH]1. The highest BCUT2D eigenvalue weighted by molar-refractivity contribution is 7.92. The van der Waals surface area contributed by atoms with Crippen molar-refractivity contribution in [1.29, 1.82) is 0 Å². The number of benzene rings is 1. The van der Waals surface area contributed by atoms with Crippen LogP contribution < -0.4 is 0 Å². The second-order valence-electron chi connectivity index (χ2n) is 4.74. The number of nitrogens with one attached hydrogen (secondary N) is 1. The largest absolute Gasteiger partial charge is 0.477 e. The first-order valence-electron chi connectivity index (χ1n) is 6.11. The smallest absolute Gasteiger partial charge is 0.353 e. The van der Waals surface area contributed by atoms with Crippen molar-refractivity contribution in [3.63, 3.8) is 0 Å². The number of aromatic carboxylic acids is 1. The molecule has 1 aromatic heterocycles. The maximum absolute atomic E-state index is 12.0. The van der Waals surface area contributed by atoms with Gasteiger partial charge in [0.25, 0.3) is 0 Å². The first-order valence-corrected chi connectivity index (χ1v) is 7.66. The maximum Gasteiger partial charge on any atom is 0.353 e. The van der Waals surface area contributed by atoms with Crippen LogP contribution in [0, 0.1) is 0 Å². The quantitative estimate of drug-likeness (QED) is 0.893. The van der Waals surface area contributed by atoms with E-state index < -0.39 is 15.8 Å². The number of carboxylic acid groups (broad SMARTS) is 1. The molecular formula is C13H12N2O4S. The van der Waals surface area contributed by atoms with Crippen molar-refractivity contribution in [2.75, 3.05) is 0 Å². The Morgan fingerprint density at radius 2 is 1.90 bits per heavy atom. The van der Waals surface area contributed by atoms with Crippen LogP contribution in [0.3, 0.4) is 0 Å². The highest BCUT2D eigenvalue weighted by Crippen LogP contribution is 2.34. The molecule has 0 spiro atoms. The summed E-state index contributed by atoms with van der Waals surface area (Å²) in [6.45, 7) is 0. The third-order valence-corrected chi connectivity index (χ3v) is 5.53. The Morgan fingerprint density at radius 1 is 1.25 bits per heavy atom. The highest BCUT2D eigenvalue weighted by Gasteiger charge is 2.36. The summed E-state index contributed by atoms with van der Waals surface area (Å²) in [6, 6.07) is 7.76. The van der Waals surface area contributed by atoms with Crippen molar-refractivity contribution in [3.8, 4) is 11.3 Å². The molecule has 1 fully saturated rings. The van der Waals surface area contributed by atoms with Gasteiger partial charge in [-0.1, -0.05) is 12.1 Å². The lowest BCUT2D eigenvalue weighted by molar-refractivity contribution is 0.0690. The number of aromatic nitrogens is 2. The predicted octanol–water partition coefficient (Wildman–Crippen LogP) is 1.71. The molecule has 104 valence electrons. The fourth-order valence-electron chi connectivity index (χ4n) is 1.97. The van der Waals surface area contributed by atoms with Crippen LogP contribution in [0.15, 0.2) is 35.2 Å². The van der Waals surface area contributed by atoms with Crippen molar-refractivity contribution >= 4 is 15.8 Å². The molecule has 20 heavy (non-hydrogen) atoms. The number of H-pyrrole nitrogens is 1. The van der Waals surface area contributed by atoms with Gasteiger partial charge in [0.15, 0.2) is 9.84 Å². The molecule has 7 heteroatoms. The summed E-state index contributed by atoms with van der Waals surface area (Å²) in [4.78, 5) is 11.1. The van der Waals surface area contributed by atoms with E-state index in [1.54, 1.807) is 12.1 Å². The fraction of sp³-hybridized carbons (Fsp3) is 0.231. The van der Waals surface area contributed by atoms with Crippen LogP contribution in [0.2, 0.25) is 0 Å². The third-order valence-electron chi connectivity index (χ3n) is 3.25. The molecule has 2 N–H and O–H groups in total. The number of hydrogen-bond acceptors (Lipinski definition) is 4. The maximum atomic E-state index is 12.0. The van der Waals surface area contributed by atoms with Crippen LogP contribution >= 0.6 is 0 Å². The van der Waals surface area contributed by atoms with E-state index in [-0.39, 0.29) is 10.9 Å². The topological polar surface area (TPSA) is 100 Å². The normalized spacial score (nSPS) is 15.2. The number of hydrogen-bond donors (Lipinski definition) is 2. The van der Waals surface area contributed by atoms with Gasteiger partial charge in [-0.05, 0) is 31.0 Å². The minimum Gasteiger partial charge on any atom is -0.477 e. The molecule has 0 bridgehead atoms. The number of nitrogens with zero attached hydrogens (tertiary/aromatic N) is 1. The van der Waals surface area contributed by atoms with Crippen LogP contribution in [-0.2, 0) is 9.84 Å². The third kappa shape index (κ3) is 2.20. The Bertz CT molecular complexity index is 758. The molecule has 0 radical (unpaired) electrons. The molecule has 1 saturated carbocycles. The first-order chi connectivity index (χ1) is 9.48. The molecule has 0 saturated heterocycles. The summed E-state index contributed by atoms with van der Waals surface area (Å²) in [5, 5.41) is 14.9. The lowest BCUT2D eigenvalue weighted by Gasteiger charge is -2.03. The summed E-state index contributed by atoms with van der Waals surface area (Å²) in [5.74, 6) is -1.09. The van der Waals surface area contributed by atoms with Crippen LogP contribution in [0.5, 0.6) is 0 Å². The van der Waals surface area contributed by atoms with Gasteiger partial charge in [0.2, 0.25) is 0 Å². The zero-order chi connectivity index (χ0) is 14.3. The van der Waals surface area contributed by atoms with Crippen LogP contribution in [0.1, 0.15) is 23.3 Å². The summed E-state index contributed by atoms with van der Waals surface area (Å²) in [7, 11) is -3.20. The first kappa shape index (κ1) is 12.9. The molecule has 2 aromatic rings. The van der Waals surface area contributed by atoms with E-state index in [0.29, 0.717) is 16.2 Å². The van der Waals surface area contributed by atoms with Gasteiger partial charge >= 0.3 is 5.97 Å². The minimum absolute atomic E-state index is 0.00493. The number of carboxylic acids is 1. The van der Waals surface area contributed by atoms with Gasteiger partial charge < -0.3 is 5.11 Å². The van der Waals surface area contributed by atoms with Crippen molar-refractivity contribution < 1.29 is 18.3 Å². The zero-order valence-corrected chi connectivity index (χ0v) is 11.2. The van der Waals surface area contributed by atoms with Crippen LogP contribution in [0.4, 0.5) is 0 Å². The molecule has 6 nitrogen and oxygen atoms in total. The fourth-order valence-corrected chi connectivity index (χ4v) is 3.62. The number of rotatable bonds is 4. The molecule has 1 aliphatic carbocycles. The van der Waals surface area contributed by atoms with Gasteiger partial charge in [0, 0.05) is 5.56 Å². The number of aromatic amines is 1. The second-order valence-corrected chi connectivity index (χ2v) is 6.97. The highest BCUT2D eigenvalue weighted by atomic mass is 32.2. The van der Waals surface area contributed by atoms with Gasteiger partial charge in [0.1, 0.15) is 5.69 Å². The van der Waals surface area contributed by atoms with E-state index in [1.165, 1.54) is 18.2 Å². The predicted molar refractivity (Wildman–Crippen MR) is 71.2 cm³/mol. The average Bonchev–Trinajstić information content (AvgIpc) is 3.17. The summed E-state index contributed by atoms with van der Waals surface area (Å²) < 4.78 is 24.1. The van der Waals surface area contributed by atoms with Crippen molar-refractivity contribution in [1.82, 2.24) is 10.2 Å². The monoisotopic (exact) mass is 292 g/mol. The number of carbonyl (C=O) groups is 1. The molecule has 0 aliphatic heterocycles. The Morgan fingerprint density at radius 3 is 2.40 bits per heavy atom. The van der Waals surface area contributed by atoms with E-state index in [1.807, 2.05) is 0 Å². The van der Waals surface area contributed by atoms with Crippen molar-refractivity contribution in [2.45, 2.75) is 23.0 Å². The second kappa shape index (κ2) is 4.45. The van der Waals surface area contributed by atoms with Gasteiger partial charge in [0.05, 0.1) is 15.8 Å². The molecule has 0 unspecified atom stereocenters. The number of sulfone groups is 1. The lowest BCUT2D eigenvalue weighted by Crippen LogP contribution is -2.06. The van der Waals surface area contributed by atoms with Crippen molar-refractivity contribution in [3.05, 3.63) is 36.0 Å². The van der Waals surface area contributed by atoms with E-state index in [0.717, 1.165) is 12.8 Å². The van der Waals surface area contributed by atoms with E-state index in [9.17, 15) is 13.2 Å². The standard InChI is InChI=1S/C13H12N2O4S/c16-13(17)12-7-11(14-15-12)8-1-3-9(4-2-8)20(18,19)10-5-6-10/h1-4,7,10H,5-6H2,(H,14,15)(H,16,17). The van der Waals surface area contributed by atoms with Crippen LogP contribution in [-0.4, -0.2) is 34.9 Å². The van der Waals surface area contributed by atoms with Crippen molar-refractivity contribution in [2.24, 2.45) is 0 Å². The van der Waals surface area contributed by atoms with Crippen LogP contribution in [0.25, 0.3) is 11.3 Å². The van der Waals surface area contributed by atoms with E-state index >= 15 is 0 Å². The Balaban J connectivity index is 1.90. The van der Waals surface area contributed by atoms with Gasteiger partial charge in [-0.15, -0.1) is 0 Å². The minimum atomic E-state index is -3.20. The van der Waals surface area contributed by atoms with Gasteiger partial charge in [-0.3, -0.25) is 5.10 Å². The molecule has 1 aliphatic rings. The molecule has 3 rings (SSSR count).